The van der Waals surface area contributed by atoms with Crippen LogP contribution in [0.25, 0.3) is 0 Å². The summed E-state index contributed by atoms with van der Waals surface area (Å²) >= 11 is 0. The fourth-order valence-corrected chi connectivity index (χ4v) is 2.73. The number of benzene rings is 1. The Bertz CT molecular complexity index is 412. The topological polar surface area (TPSA) is 20.2 Å². The predicted molar refractivity (Wildman–Crippen MR) is 72.0 cm³/mol. The highest BCUT2D eigenvalue weighted by atomic mass is 16.3. The van der Waals surface area contributed by atoms with Gasteiger partial charge in [0, 0.05) is 0 Å². The van der Waals surface area contributed by atoms with E-state index in [1.54, 1.807) is 0 Å². The summed E-state index contributed by atoms with van der Waals surface area (Å²) in [6.07, 6.45) is 4.73. The number of rotatable bonds is 2. The molecule has 0 heterocycles. The van der Waals surface area contributed by atoms with Crippen LogP contribution in [0.5, 0.6) is 0 Å². The lowest BCUT2D eigenvalue weighted by atomic mass is 9.75. The van der Waals surface area contributed by atoms with E-state index >= 15 is 0 Å². The van der Waals surface area contributed by atoms with Crippen molar-refractivity contribution in [2.24, 2.45) is 5.41 Å². The molecule has 1 atom stereocenters. The van der Waals surface area contributed by atoms with Crippen molar-refractivity contribution in [1.82, 2.24) is 0 Å². The van der Waals surface area contributed by atoms with Crippen molar-refractivity contribution in [3.8, 4) is 0 Å². The summed E-state index contributed by atoms with van der Waals surface area (Å²) in [5.74, 6) is 0. The lowest BCUT2D eigenvalue weighted by Gasteiger charge is -2.32. The first-order valence-corrected chi connectivity index (χ1v) is 6.38. The van der Waals surface area contributed by atoms with Crippen molar-refractivity contribution >= 4 is 0 Å². The van der Waals surface area contributed by atoms with Crippen molar-refractivity contribution in [2.45, 2.75) is 46.1 Å². The summed E-state index contributed by atoms with van der Waals surface area (Å²) < 4.78 is 0. The van der Waals surface area contributed by atoms with Crippen molar-refractivity contribution in [3.63, 3.8) is 0 Å². The average molecular weight is 230 g/mol. The maximum Gasteiger partial charge on any atom is 0.0728 e. The second-order valence-electron chi connectivity index (χ2n) is 6.10. The minimum absolute atomic E-state index is 0.230. The number of hydrogen-bond donors (Lipinski definition) is 1. The van der Waals surface area contributed by atoms with Crippen molar-refractivity contribution in [1.29, 1.82) is 0 Å². The number of aryl methyl sites for hydroxylation is 1. The minimum atomic E-state index is -0.265. The van der Waals surface area contributed by atoms with Gasteiger partial charge >= 0.3 is 0 Å². The summed E-state index contributed by atoms with van der Waals surface area (Å²) in [6.45, 7) is 6.58. The highest BCUT2D eigenvalue weighted by Gasteiger charge is 2.27. The van der Waals surface area contributed by atoms with E-state index in [2.05, 4.69) is 45.0 Å². The summed E-state index contributed by atoms with van der Waals surface area (Å²) in [5, 5.41) is 9.86. The SMILES string of the molecule is Cc1ccc(CC2=CC(O)CC(C)(C)C2)cc1. The molecule has 1 aromatic rings. The lowest BCUT2D eigenvalue weighted by molar-refractivity contribution is 0.138. The van der Waals surface area contributed by atoms with E-state index in [9.17, 15) is 5.11 Å². The van der Waals surface area contributed by atoms with Crippen LogP contribution in [0.2, 0.25) is 0 Å². The third-order valence-corrected chi connectivity index (χ3v) is 3.45. The molecule has 1 heteroatoms. The number of aliphatic hydroxyl groups excluding tert-OH is 1. The Labute approximate surface area is 104 Å². The molecule has 0 radical (unpaired) electrons. The van der Waals surface area contributed by atoms with E-state index in [-0.39, 0.29) is 11.5 Å². The Hall–Kier alpha value is -1.08. The van der Waals surface area contributed by atoms with Crippen LogP contribution in [-0.2, 0) is 6.42 Å². The molecular weight excluding hydrogens is 208 g/mol. The maximum atomic E-state index is 9.86. The second-order valence-corrected chi connectivity index (χ2v) is 6.10. The van der Waals surface area contributed by atoms with Crippen LogP contribution in [0.15, 0.2) is 35.9 Å². The third-order valence-electron chi connectivity index (χ3n) is 3.45. The van der Waals surface area contributed by atoms with E-state index in [1.807, 2.05) is 6.08 Å². The van der Waals surface area contributed by atoms with E-state index in [0.29, 0.717) is 0 Å². The van der Waals surface area contributed by atoms with Crippen molar-refractivity contribution in [3.05, 3.63) is 47.0 Å². The summed E-state index contributed by atoms with van der Waals surface area (Å²) in [6, 6.07) is 8.68. The van der Waals surface area contributed by atoms with Gasteiger partial charge < -0.3 is 5.11 Å². The van der Waals surface area contributed by atoms with Gasteiger partial charge in [-0.25, -0.2) is 0 Å². The first-order valence-electron chi connectivity index (χ1n) is 6.38. The molecule has 0 aliphatic heterocycles. The van der Waals surface area contributed by atoms with Gasteiger partial charge in [-0.05, 0) is 37.2 Å². The van der Waals surface area contributed by atoms with Gasteiger partial charge in [0.1, 0.15) is 0 Å². The van der Waals surface area contributed by atoms with Gasteiger partial charge in [-0.2, -0.15) is 0 Å². The van der Waals surface area contributed by atoms with E-state index < -0.39 is 0 Å². The Morgan fingerprint density at radius 2 is 1.88 bits per heavy atom. The van der Waals surface area contributed by atoms with Crippen LogP contribution >= 0.6 is 0 Å². The monoisotopic (exact) mass is 230 g/mol. The Morgan fingerprint density at radius 1 is 1.24 bits per heavy atom. The smallest absolute Gasteiger partial charge is 0.0728 e. The molecule has 1 nitrogen and oxygen atoms in total. The molecule has 1 N–H and O–H groups in total. The molecule has 0 spiro atoms. The number of allylic oxidation sites excluding steroid dienone is 1. The van der Waals surface area contributed by atoms with Crippen LogP contribution in [0.3, 0.4) is 0 Å². The van der Waals surface area contributed by atoms with Gasteiger partial charge in [-0.15, -0.1) is 0 Å². The van der Waals surface area contributed by atoms with Gasteiger partial charge in [0.05, 0.1) is 6.10 Å². The molecule has 0 aromatic heterocycles. The van der Waals surface area contributed by atoms with Crippen molar-refractivity contribution < 1.29 is 5.11 Å². The molecular formula is C16H22O. The first-order chi connectivity index (χ1) is 7.94. The van der Waals surface area contributed by atoms with E-state index in [4.69, 9.17) is 0 Å². The molecule has 0 amide bonds. The Balaban J connectivity index is 2.11. The lowest BCUT2D eigenvalue weighted by Crippen LogP contribution is -2.25. The molecule has 17 heavy (non-hydrogen) atoms. The van der Waals surface area contributed by atoms with Gasteiger partial charge in [0.15, 0.2) is 0 Å². The second kappa shape index (κ2) is 4.66. The van der Waals surface area contributed by atoms with E-state index in [0.717, 1.165) is 19.3 Å². The molecule has 0 saturated carbocycles. The summed E-state index contributed by atoms with van der Waals surface area (Å²) in [4.78, 5) is 0. The summed E-state index contributed by atoms with van der Waals surface area (Å²) in [7, 11) is 0. The molecule has 0 bridgehead atoms. The maximum absolute atomic E-state index is 9.86. The molecule has 1 unspecified atom stereocenters. The molecule has 0 saturated heterocycles. The molecule has 1 aromatic carbocycles. The van der Waals surface area contributed by atoms with Crippen LogP contribution in [0.4, 0.5) is 0 Å². The normalized spacial score (nSPS) is 23.3. The first kappa shape index (κ1) is 12.4. The zero-order chi connectivity index (χ0) is 12.5. The van der Waals surface area contributed by atoms with Gasteiger partial charge in [0.25, 0.3) is 0 Å². The zero-order valence-electron chi connectivity index (χ0n) is 11.0. The molecule has 1 aliphatic carbocycles. The highest BCUT2D eigenvalue weighted by Crippen LogP contribution is 2.36. The van der Waals surface area contributed by atoms with Gasteiger partial charge in [-0.1, -0.05) is 55.3 Å². The number of hydrogen-bond acceptors (Lipinski definition) is 1. The Morgan fingerprint density at radius 3 is 2.47 bits per heavy atom. The average Bonchev–Trinajstić information content (AvgIpc) is 2.18. The van der Waals surface area contributed by atoms with Crippen molar-refractivity contribution in [2.75, 3.05) is 0 Å². The molecule has 1 aliphatic rings. The molecule has 0 fully saturated rings. The van der Waals surface area contributed by atoms with E-state index in [1.165, 1.54) is 16.7 Å². The van der Waals surface area contributed by atoms with Gasteiger partial charge in [0.2, 0.25) is 0 Å². The molecule has 92 valence electrons. The fraction of sp³-hybridized carbons (Fsp3) is 0.500. The quantitative estimate of drug-likeness (QED) is 0.769. The fourth-order valence-electron chi connectivity index (χ4n) is 2.73. The zero-order valence-corrected chi connectivity index (χ0v) is 11.0. The van der Waals surface area contributed by atoms with Crippen LogP contribution in [0, 0.1) is 12.3 Å². The largest absolute Gasteiger partial charge is 0.389 e. The minimum Gasteiger partial charge on any atom is -0.389 e. The number of aliphatic hydroxyl groups is 1. The third kappa shape index (κ3) is 3.44. The predicted octanol–water partition coefficient (Wildman–Crippen LogP) is 3.64. The van der Waals surface area contributed by atoms with Gasteiger partial charge in [-0.3, -0.25) is 0 Å². The summed E-state index contributed by atoms with van der Waals surface area (Å²) in [5.41, 5.74) is 4.24. The van der Waals surface area contributed by atoms with Crippen LogP contribution < -0.4 is 0 Å². The van der Waals surface area contributed by atoms with Crippen LogP contribution in [0.1, 0.15) is 37.8 Å². The standard InChI is InChI=1S/C16H22O/c1-12-4-6-13(7-5-12)8-14-9-15(17)11-16(2,3)10-14/h4-7,9,15,17H,8,10-11H2,1-3H3. The Kier molecular flexibility index (Phi) is 3.39. The van der Waals surface area contributed by atoms with Crippen LogP contribution in [-0.4, -0.2) is 11.2 Å². The molecule has 2 rings (SSSR count). The highest BCUT2D eigenvalue weighted by molar-refractivity contribution is 5.27.